The molecule has 22 heavy (non-hydrogen) atoms. The number of halogens is 1. The summed E-state index contributed by atoms with van der Waals surface area (Å²) in [5.41, 5.74) is 8.02. The third-order valence-corrected chi connectivity index (χ3v) is 2.77. The van der Waals surface area contributed by atoms with E-state index in [1.807, 2.05) is 0 Å². The number of hydrogen-bond donors (Lipinski definition) is 2. The Hall–Kier alpha value is -2.86. The molecule has 7 heteroatoms. The average Bonchev–Trinajstić information content (AvgIpc) is 2.48. The van der Waals surface area contributed by atoms with Gasteiger partial charge in [-0.05, 0) is 48.0 Å². The van der Waals surface area contributed by atoms with Gasteiger partial charge >= 0.3 is 12.0 Å². The molecular weight excluding hydrogens is 306 g/mol. The first kappa shape index (κ1) is 15.5. The highest BCUT2D eigenvalue weighted by molar-refractivity contribution is 6.30. The maximum atomic E-state index is 11.9. The van der Waals surface area contributed by atoms with Crippen LogP contribution in [0.25, 0.3) is 0 Å². The van der Waals surface area contributed by atoms with Crippen LogP contribution in [0.3, 0.4) is 0 Å². The summed E-state index contributed by atoms with van der Waals surface area (Å²) < 4.78 is 5.22. The van der Waals surface area contributed by atoms with Gasteiger partial charge in [-0.25, -0.2) is 15.0 Å². The monoisotopic (exact) mass is 317 g/mol. The van der Waals surface area contributed by atoms with E-state index in [1.165, 1.54) is 12.3 Å². The molecule has 0 aliphatic carbocycles. The zero-order valence-corrected chi connectivity index (χ0v) is 12.1. The van der Waals surface area contributed by atoms with Gasteiger partial charge in [-0.2, -0.15) is 5.10 Å². The first-order chi connectivity index (χ1) is 10.5. The normalized spacial score (nSPS) is 10.4. The summed E-state index contributed by atoms with van der Waals surface area (Å²) in [6, 6.07) is 12.3. The van der Waals surface area contributed by atoms with Crippen molar-refractivity contribution >= 4 is 29.8 Å². The van der Waals surface area contributed by atoms with Gasteiger partial charge in [0.2, 0.25) is 0 Å². The van der Waals surface area contributed by atoms with Crippen molar-refractivity contribution in [2.75, 3.05) is 0 Å². The van der Waals surface area contributed by atoms with Crippen molar-refractivity contribution in [2.45, 2.75) is 0 Å². The maximum absolute atomic E-state index is 11.9. The summed E-state index contributed by atoms with van der Waals surface area (Å²) in [6.07, 6.45) is 1.41. The standard InChI is InChI=1S/C15H12ClN3O3/c16-12-3-1-2-11(8-12)14(20)22-13-6-4-10(5-7-13)9-18-19-15(17)21/h1-9H,(H3,17,19,21)/b18-9+. The second-order valence-corrected chi connectivity index (χ2v) is 4.64. The lowest BCUT2D eigenvalue weighted by Gasteiger charge is -2.04. The molecule has 0 bridgehead atoms. The van der Waals surface area contributed by atoms with Crippen LogP contribution in [0.15, 0.2) is 53.6 Å². The number of nitrogens with two attached hydrogens (primary N) is 1. The molecule has 0 saturated carbocycles. The summed E-state index contributed by atoms with van der Waals surface area (Å²) in [6.45, 7) is 0. The quantitative estimate of drug-likeness (QED) is 0.393. The average molecular weight is 318 g/mol. The van der Waals surface area contributed by atoms with Gasteiger partial charge in [0.15, 0.2) is 0 Å². The van der Waals surface area contributed by atoms with Crippen molar-refractivity contribution in [3.8, 4) is 5.75 Å². The van der Waals surface area contributed by atoms with Gasteiger partial charge in [-0.1, -0.05) is 17.7 Å². The Labute approximate surface area is 131 Å². The first-order valence-corrected chi connectivity index (χ1v) is 6.59. The minimum atomic E-state index is -0.747. The van der Waals surface area contributed by atoms with Crippen LogP contribution in [-0.4, -0.2) is 18.2 Å². The van der Waals surface area contributed by atoms with E-state index in [-0.39, 0.29) is 0 Å². The zero-order chi connectivity index (χ0) is 15.9. The van der Waals surface area contributed by atoms with Gasteiger partial charge in [-0.15, -0.1) is 0 Å². The molecule has 0 aliphatic heterocycles. The van der Waals surface area contributed by atoms with Gasteiger partial charge in [0.1, 0.15) is 5.75 Å². The van der Waals surface area contributed by atoms with Crippen molar-refractivity contribution in [1.82, 2.24) is 5.43 Å². The summed E-state index contributed by atoms with van der Waals surface area (Å²) in [5, 5.41) is 4.08. The van der Waals surface area contributed by atoms with Gasteiger partial charge < -0.3 is 10.5 Å². The number of hydrogen-bond acceptors (Lipinski definition) is 4. The fourth-order valence-corrected chi connectivity index (χ4v) is 1.76. The molecule has 0 unspecified atom stereocenters. The molecule has 0 aliphatic rings. The molecule has 0 atom stereocenters. The predicted molar refractivity (Wildman–Crippen MR) is 83.2 cm³/mol. The topological polar surface area (TPSA) is 93.8 Å². The zero-order valence-electron chi connectivity index (χ0n) is 11.3. The maximum Gasteiger partial charge on any atom is 0.343 e. The molecule has 112 valence electrons. The second kappa shape index (κ2) is 7.24. The number of benzene rings is 2. The number of carbonyl (C=O) groups is 2. The lowest BCUT2D eigenvalue weighted by atomic mass is 10.2. The Morgan fingerprint density at radius 2 is 1.91 bits per heavy atom. The number of nitrogens with one attached hydrogen (secondary N) is 1. The SMILES string of the molecule is NC(=O)N/N=C/c1ccc(OC(=O)c2cccc(Cl)c2)cc1. The number of primary amides is 1. The second-order valence-electron chi connectivity index (χ2n) is 4.20. The van der Waals surface area contributed by atoms with Gasteiger partial charge in [-0.3, -0.25) is 0 Å². The molecule has 0 saturated heterocycles. The van der Waals surface area contributed by atoms with Crippen molar-refractivity contribution < 1.29 is 14.3 Å². The van der Waals surface area contributed by atoms with Gasteiger partial charge in [0.25, 0.3) is 0 Å². The Kier molecular flexibility index (Phi) is 5.11. The van der Waals surface area contributed by atoms with Crippen LogP contribution in [0.5, 0.6) is 5.75 Å². The molecule has 0 aromatic heterocycles. The van der Waals surface area contributed by atoms with Crippen molar-refractivity contribution in [2.24, 2.45) is 10.8 Å². The van der Waals surface area contributed by atoms with E-state index in [0.29, 0.717) is 21.9 Å². The highest BCUT2D eigenvalue weighted by Crippen LogP contribution is 2.16. The molecule has 0 heterocycles. The molecule has 0 radical (unpaired) electrons. The lowest BCUT2D eigenvalue weighted by molar-refractivity contribution is 0.0734. The molecule has 2 aromatic carbocycles. The fourth-order valence-electron chi connectivity index (χ4n) is 1.57. The number of amides is 2. The van der Waals surface area contributed by atoms with E-state index in [9.17, 15) is 9.59 Å². The highest BCUT2D eigenvalue weighted by Gasteiger charge is 2.08. The Morgan fingerprint density at radius 1 is 1.18 bits per heavy atom. The third kappa shape index (κ3) is 4.60. The van der Waals surface area contributed by atoms with Crippen molar-refractivity contribution in [1.29, 1.82) is 0 Å². The van der Waals surface area contributed by atoms with Crippen molar-refractivity contribution in [3.05, 3.63) is 64.7 Å². The Morgan fingerprint density at radius 3 is 2.55 bits per heavy atom. The summed E-state index contributed by atoms with van der Waals surface area (Å²) >= 11 is 5.82. The number of rotatable bonds is 4. The first-order valence-electron chi connectivity index (χ1n) is 6.21. The van der Waals surface area contributed by atoms with E-state index in [2.05, 4.69) is 10.5 Å². The van der Waals surface area contributed by atoms with Crippen LogP contribution in [-0.2, 0) is 0 Å². The molecular formula is C15H12ClN3O3. The van der Waals surface area contributed by atoms with Crippen LogP contribution in [0.2, 0.25) is 5.02 Å². The predicted octanol–water partition coefficient (Wildman–Crippen LogP) is 2.56. The number of hydrazone groups is 1. The molecule has 2 amide bonds. The van der Waals surface area contributed by atoms with Crippen LogP contribution >= 0.6 is 11.6 Å². The summed E-state index contributed by atoms with van der Waals surface area (Å²) in [4.78, 5) is 22.4. The minimum Gasteiger partial charge on any atom is -0.423 e. The van der Waals surface area contributed by atoms with E-state index in [0.717, 1.165) is 0 Å². The van der Waals surface area contributed by atoms with Crippen LogP contribution < -0.4 is 15.9 Å². The smallest absolute Gasteiger partial charge is 0.343 e. The highest BCUT2D eigenvalue weighted by atomic mass is 35.5. The van der Waals surface area contributed by atoms with Crippen LogP contribution in [0.4, 0.5) is 4.79 Å². The molecule has 0 fully saturated rings. The summed E-state index contributed by atoms with van der Waals surface area (Å²) in [5.74, 6) is -0.121. The summed E-state index contributed by atoms with van der Waals surface area (Å²) in [7, 11) is 0. The fraction of sp³-hybridized carbons (Fsp3) is 0. The Balaban J connectivity index is 2.00. The number of esters is 1. The molecule has 0 spiro atoms. The van der Waals surface area contributed by atoms with Crippen LogP contribution in [0, 0.1) is 0 Å². The van der Waals surface area contributed by atoms with Crippen LogP contribution in [0.1, 0.15) is 15.9 Å². The molecule has 3 N–H and O–H groups in total. The molecule has 2 aromatic rings. The Bertz CT molecular complexity index is 714. The van der Waals surface area contributed by atoms with E-state index in [4.69, 9.17) is 22.1 Å². The van der Waals surface area contributed by atoms with Gasteiger partial charge in [0.05, 0.1) is 11.8 Å². The molecule has 6 nitrogen and oxygen atoms in total. The largest absolute Gasteiger partial charge is 0.423 e. The lowest BCUT2D eigenvalue weighted by Crippen LogP contribution is -2.24. The number of urea groups is 1. The molecule has 2 rings (SSSR count). The van der Waals surface area contributed by atoms with E-state index >= 15 is 0 Å². The van der Waals surface area contributed by atoms with Gasteiger partial charge in [0, 0.05) is 5.02 Å². The number of carbonyl (C=O) groups excluding carboxylic acids is 2. The number of nitrogens with zero attached hydrogens (tertiary/aromatic N) is 1. The van der Waals surface area contributed by atoms with E-state index < -0.39 is 12.0 Å². The third-order valence-electron chi connectivity index (χ3n) is 2.54. The van der Waals surface area contributed by atoms with E-state index in [1.54, 1.807) is 42.5 Å². The number of ether oxygens (including phenoxy) is 1. The van der Waals surface area contributed by atoms with Crippen molar-refractivity contribution in [3.63, 3.8) is 0 Å². The minimum absolute atomic E-state index is 0.365.